The van der Waals surface area contributed by atoms with E-state index in [9.17, 15) is 0 Å². The number of benzene rings is 2. The average Bonchev–Trinajstić information content (AvgIpc) is 3.01. The van der Waals surface area contributed by atoms with Crippen molar-refractivity contribution in [2.75, 3.05) is 5.32 Å². The summed E-state index contributed by atoms with van der Waals surface area (Å²) < 4.78 is 3.14. The molecular weight excluding hydrogens is 380 g/mol. The van der Waals surface area contributed by atoms with Gasteiger partial charge in [-0.25, -0.2) is 0 Å². The highest BCUT2D eigenvalue weighted by atomic mass is 32.1. The molecule has 1 aliphatic rings. The van der Waals surface area contributed by atoms with Crippen LogP contribution in [-0.2, 0) is 12.0 Å². The molecule has 1 N–H and O–H groups in total. The third kappa shape index (κ3) is 3.23. The van der Waals surface area contributed by atoms with E-state index in [1.807, 2.05) is 0 Å². The summed E-state index contributed by atoms with van der Waals surface area (Å²) in [7, 11) is 0. The van der Waals surface area contributed by atoms with E-state index >= 15 is 0 Å². The molecule has 2 heterocycles. The van der Waals surface area contributed by atoms with Gasteiger partial charge in [0.05, 0.1) is 16.1 Å². The van der Waals surface area contributed by atoms with Gasteiger partial charge in [-0.2, -0.15) is 0 Å². The molecule has 0 bridgehead atoms. The Morgan fingerprint density at radius 1 is 1.07 bits per heavy atom. The fourth-order valence-electron chi connectivity index (χ4n) is 3.91. The Bertz CT molecular complexity index is 1090. The lowest BCUT2D eigenvalue weighted by molar-refractivity contribution is 0.619. The largest absolute Gasteiger partial charge is 0.375 e. The van der Waals surface area contributed by atoms with Gasteiger partial charge in [0, 0.05) is 16.8 Å². The number of aryl methyl sites for hydroxylation is 3. The van der Waals surface area contributed by atoms with E-state index in [1.54, 1.807) is 11.5 Å². The molecule has 0 saturated carbocycles. The van der Waals surface area contributed by atoms with Crippen molar-refractivity contribution in [3.05, 3.63) is 62.6 Å². The average molecular weight is 409 g/mol. The molecule has 2 nitrogen and oxygen atoms in total. The highest BCUT2D eigenvalue weighted by molar-refractivity contribution is 7.71. The number of fused-ring (bicyclic) bond motifs is 3. The summed E-state index contributed by atoms with van der Waals surface area (Å²) in [6.07, 6.45) is 3.61. The summed E-state index contributed by atoms with van der Waals surface area (Å²) in [4.78, 5) is 1.31. The van der Waals surface area contributed by atoms with Crippen molar-refractivity contribution in [2.24, 2.45) is 0 Å². The van der Waals surface area contributed by atoms with Gasteiger partial charge in [0.15, 0.2) is 0 Å². The fraction of sp³-hybridized carbons (Fsp3) is 0.375. The molecule has 0 aliphatic carbocycles. The molecule has 1 aromatic heterocycles. The van der Waals surface area contributed by atoms with Gasteiger partial charge in [-0.05, 0) is 81.5 Å². The molecular formula is C24H28N2S2. The van der Waals surface area contributed by atoms with Crippen LogP contribution in [-0.4, -0.2) is 3.96 Å². The third-order valence-corrected chi connectivity index (χ3v) is 7.69. The van der Waals surface area contributed by atoms with Crippen molar-refractivity contribution in [2.45, 2.75) is 59.4 Å². The normalized spacial score (nSPS) is 14.3. The number of rotatable bonds is 4. The van der Waals surface area contributed by atoms with Crippen molar-refractivity contribution in [1.82, 2.24) is 3.96 Å². The molecule has 146 valence electrons. The molecule has 28 heavy (non-hydrogen) atoms. The molecule has 3 aromatic rings. The van der Waals surface area contributed by atoms with Crippen LogP contribution < -0.4 is 5.32 Å². The lowest BCUT2D eigenvalue weighted by atomic mass is 9.88. The second-order valence-electron chi connectivity index (χ2n) is 8.40. The van der Waals surface area contributed by atoms with Crippen LogP contribution in [0.4, 0.5) is 5.69 Å². The zero-order chi connectivity index (χ0) is 20.1. The van der Waals surface area contributed by atoms with Crippen LogP contribution in [0.25, 0.3) is 16.8 Å². The first-order valence-corrected chi connectivity index (χ1v) is 11.3. The molecule has 0 unspecified atom stereocenters. The van der Waals surface area contributed by atoms with Crippen LogP contribution in [0.1, 0.15) is 55.2 Å². The minimum atomic E-state index is -0.144. The Morgan fingerprint density at radius 2 is 1.75 bits per heavy atom. The molecule has 0 saturated heterocycles. The Kier molecular flexibility index (Phi) is 4.96. The quantitative estimate of drug-likeness (QED) is 0.449. The smallest absolute Gasteiger partial charge is 0.129 e. The second kappa shape index (κ2) is 7.16. The van der Waals surface area contributed by atoms with Gasteiger partial charge in [-0.3, -0.25) is 3.96 Å². The van der Waals surface area contributed by atoms with Gasteiger partial charge in [-0.1, -0.05) is 49.2 Å². The predicted octanol–water partition coefficient (Wildman–Crippen LogP) is 7.56. The lowest BCUT2D eigenvalue weighted by Crippen LogP contribution is -2.30. The van der Waals surface area contributed by atoms with Crippen LogP contribution in [0.15, 0.2) is 36.4 Å². The Labute approximate surface area is 177 Å². The molecule has 4 heteroatoms. The van der Waals surface area contributed by atoms with E-state index < -0.39 is 0 Å². The number of hydrogen-bond acceptors (Lipinski definition) is 3. The van der Waals surface area contributed by atoms with Crippen molar-refractivity contribution in [1.29, 1.82) is 0 Å². The first kappa shape index (κ1) is 19.4. The van der Waals surface area contributed by atoms with E-state index in [-0.39, 0.29) is 5.54 Å². The number of nitrogens with one attached hydrogen (secondary N) is 1. The maximum atomic E-state index is 6.00. The van der Waals surface area contributed by atoms with Gasteiger partial charge in [0.2, 0.25) is 0 Å². The summed E-state index contributed by atoms with van der Waals surface area (Å²) in [5, 5.41) is 3.74. The Balaban J connectivity index is 1.85. The lowest BCUT2D eigenvalue weighted by Gasteiger charge is -2.33. The monoisotopic (exact) mass is 408 g/mol. The van der Waals surface area contributed by atoms with Gasteiger partial charge in [0.25, 0.3) is 0 Å². The summed E-state index contributed by atoms with van der Waals surface area (Å²) in [5.41, 5.74) is 8.66. The maximum Gasteiger partial charge on any atom is 0.129 e. The van der Waals surface area contributed by atoms with Crippen LogP contribution in [0.5, 0.6) is 0 Å². The molecule has 0 fully saturated rings. The summed E-state index contributed by atoms with van der Waals surface area (Å²) in [6.45, 7) is 11.1. The first-order chi connectivity index (χ1) is 13.3. The van der Waals surface area contributed by atoms with Crippen LogP contribution in [0, 0.1) is 18.5 Å². The molecule has 0 amide bonds. The summed E-state index contributed by atoms with van der Waals surface area (Å²) in [6, 6.07) is 13.5. The molecule has 0 radical (unpaired) electrons. The third-order valence-electron chi connectivity index (χ3n) is 5.72. The number of nitrogens with zero attached hydrogens (tertiary/aromatic N) is 1. The fourth-order valence-corrected chi connectivity index (χ4v) is 5.56. The van der Waals surface area contributed by atoms with Crippen LogP contribution >= 0.6 is 23.8 Å². The molecule has 2 aromatic carbocycles. The van der Waals surface area contributed by atoms with Gasteiger partial charge < -0.3 is 5.32 Å². The standard InChI is InChI=1S/C24H28N2S2/c1-6-7-8-17-9-11-18(12-10-17)26-23(27)21-19-13-15(2)16(3)14-20(19)25-24(4,5)22(21)28-26/h9-14,25H,6-8H2,1-5H3. The topological polar surface area (TPSA) is 17.0 Å². The van der Waals surface area contributed by atoms with Crippen molar-refractivity contribution in [3.8, 4) is 16.8 Å². The first-order valence-electron chi connectivity index (χ1n) is 10.1. The number of anilines is 1. The maximum absolute atomic E-state index is 6.00. The highest BCUT2D eigenvalue weighted by Gasteiger charge is 2.34. The van der Waals surface area contributed by atoms with E-state index in [0.717, 1.165) is 16.7 Å². The molecule has 0 atom stereocenters. The van der Waals surface area contributed by atoms with Crippen molar-refractivity contribution in [3.63, 3.8) is 0 Å². The number of unbranched alkanes of at least 4 members (excludes halogenated alkanes) is 1. The SMILES string of the molecule is CCCCc1ccc(-n2sc3c(c2=S)-c2cc(C)c(C)cc2NC3(C)C)cc1. The number of aromatic nitrogens is 1. The van der Waals surface area contributed by atoms with Crippen LogP contribution in [0.3, 0.4) is 0 Å². The van der Waals surface area contributed by atoms with Gasteiger partial charge in [0.1, 0.15) is 4.64 Å². The van der Waals surface area contributed by atoms with Crippen molar-refractivity contribution >= 4 is 29.4 Å². The molecule has 0 spiro atoms. The summed E-state index contributed by atoms with van der Waals surface area (Å²) >= 11 is 7.77. The minimum Gasteiger partial charge on any atom is -0.375 e. The van der Waals surface area contributed by atoms with E-state index in [4.69, 9.17) is 12.2 Å². The molecule has 4 rings (SSSR count). The van der Waals surface area contributed by atoms with Gasteiger partial charge in [-0.15, -0.1) is 0 Å². The van der Waals surface area contributed by atoms with Crippen LogP contribution in [0.2, 0.25) is 0 Å². The second-order valence-corrected chi connectivity index (χ2v) is 9.74. The number of hydrogen-bond donors (Lipinski definition) is 1. The van der Waals surface area contributed by atoms with E-state index in [2.05, 4.69) is 80.3 Å². The highest BCUT2D eigenvalue weighted by Crippen LogP contribution is 2.48. The van der Waals surface area contributed by atoms with E-state index in [1.165, 1.54) is 51.2 Å². The zero-order valence-electron chi connectivity index (χ0n) is 17.3. The van der Waals surface area contributed by atoms with Gasteiger partial charge >= 0.3 is 0 Å². The predicted molar refractivity (Wildman–Crippen MR) is 125 cm³/mol. The van der Waals surface area contributed by atoms with E-state index in [0.29, 0.717) is 0 Å². The Morgan fingerprint density at radius 3 is 2.43 bits per heavy atom. The zero-order valence-corrected chi connectivity index (χ0v) is 19.0. The Hall–Kier alpha value is -1.91. The molecule has 1 aliphatic heterocycles. The summed E-state index contributed by atoms with van der Waals surface area (Å²) in [5.74, 6) is 0. The van der Waals surface area contributed by atoms with Crippen molar-refractivity contribution < 1.29 is 0 Å². The minimum absolute atomic E-state index is 0.144.